The van der Waals surface area contributed by atoms with Crippen LogP contribution in [0.15, 0.2) is 34.4 Å². The Bertz CT molecular complexity index is 813. The number of hydrogen-bond donors (Lipinski definition) is 1. The third kappa shape index (κ3) is 2.67. The van der Waals surface area contributed by atoms with E-state index in [1.807, 2.05) is 43.3 Å². The van der Waals surface area contributed by atoms with Gasteiger partial charge in [0.2, 0.25) is 0 Å². The molecule has 1 amide bonds. The van der Waals surface area contributed by atoms with E-state index < -0.39 is 0 Å². The van der Waals surface area contributed by atoms with Crippen LogP contribution in [0.3, 0.4) is 0 Å². The maximum Gasteiger partial charge on any atom is 0.264 e. The van der Waals surface area contributed by atoms with Crippen LogP contribution < -0.4 is 10.2 Å². The summed E-state index contributed by atoms with van der Waals surface area (Å²) in [5.41, 5.74) is 1.81. The number of aliphatic imine (C=N–C) groups is 1. The Morgan fingerprint density at radius 2 is 2.14 bits per heavy atom. The third-order valence-corrected chi connectivity index (χ3v) is 4.21. The van der Waals surface area contributed by atoms with Gasteiger partial charge in [-0.3, -0.25) is 9.79 Å². The first-order chi connectivity index (χ1) is 10.6. The SMILES string of the molecule is CN=C1NC(=O)/C(=C\c2ccc3ncnc(N(C)C)c3c2)S1. The first-order valence-electron chi connectivity index (χ1n) is 6.68. The normalized spacial score (nSPS) is 18.2. The van der Waals surface area contributed by atoms with E-state index in [9.17, 15) is 4.79 Å². The molecule has 7 heteroatoms. The molecule has 1 aromatic carbocycles. The lowest BCUT2D eigenvalue weighted by Crippen LogP contribution is -2.19. The molecule has 6 nitrogen and oxygen atoms in total. The predicted octanol–water partition coefficient (Wildman–Crippen LogP) is 1.89. The van der Waals surface area contributed by atoms with Crippen molar-refractivity contribution in [3.8, 4) is 0 Å². The molecule has 1 aliphatic rings. The van der Waals surface area contributed by atoms with E-state index in [1.165, 1.54) is 11.8 Å². The number of hydrogen-bond acceptors (Lipinski definition) is 6. The summed E-state index contributed by atoms with van der Waals surface area (Å²) in [7, 11) is 5.54. The van der Waals surface area contributed by atoms with E-state index in [4.69, 9.17) is 0 Å². The number of nitrogens with one attached hydrogen (secondary N) is 1. The highest BCUT2D eigenvalue weighted by molar-refractivity contribution is 8.18. The summed E-state index contributed by atoms with van der Waals surface area (Å²) in [6.07, 6.45) is 3.41. The molecule has 0 spiro atoms. The standard InChI is InChI=1S/C15H15N5OS/c1-16-15-19-14(21)12(22-15)7-9-4-5-11-10(6-9)13(20(2)3)18-8-17-11/h4-8H,1-3H3,(H,16,19,21)/b12-7+. The van der Waals surface area contributed by atoms with Gasteiger partial charge in [-0.25, -0.2) is 9.97 Å². The monoisotopic (exact) mass is 313 g/mol. The molecule has 0 atom stereocenters. The van der Waals surface area contributed by atoms with Crippen molar-refractivity contribution >= 4 is 45.6 Å². The fraction of sp³-hybridized carbons (Fsp3) is 0.200. The molecule has 0 saturated carbocycles. The fourth-order valence-electron chi connectivity index (χ4n) is 2.19. The molecule has 3 rings (SSSR count). The molecule has 0 unspecified atom stereocenters. The van der Waals surface area contributed by atoms with E-state index in [-0.39, 0.29) is 5.91 Å². The summed E-state index contributed by atoms with van der Waals surface area (Å²) < 4.78 is 0. The van der Waals surface area contributed by atoms with Crippen molar-refractivity contribution in [2.75, 3.05) is 26.0 Å². The summed E-state index contributed by atoms with van der Waals surface area (Å²) >= 11 is 1.34. The van der Waals surface area contributed by atoms with Crippen LogP contribution in [0.4, 0.5) is 5.82 Å². The maximum absolute atomic E-state index is 11.9. The average Bonchev–Trinajstić information content (AvgIpc) is 2.86. The molecule has 1 N–H and O–H groups in total. The molecular weight excluding hydrogens is 298 g/mol. The zero-order chi connectivity index (χ0) is 15.7. The minimum Gasteiger partial charge on any atom is -0.362 e. The van der Waals surface area contributed by atoms with Crippen LogP contribution >= 0.6 is 11.8 Å². The second kappa shape index (κ2) is 5.76. The van der Waals surface area contributed by atoms with Crippen molar-refractivity contribution < 1.29 is 4.79 Å². The second-order valence-corrected chi connectivity index (χ2v) is 5.99. The minimum atomic E-state index is -0.122. The van der Waals surface area contributed by atoms with Crippen LogP contribution in [0, 0.1) is 0 Å². The van der Waals surface area contributed by atoms with Gasteiger partial charge in [-0.05, 0) is 35.5 Å². The van der Waals surface area contributed by atoms with E-state index in [2.05, 4.69) is 20.3 Å². The molecule has 1 fully saturated rings. The smallest absolute Gasteiger partial charge is 0.264 e. The number of amidine groups is 1. The Morgan fingerprint density at radius 3 is 2.82 bits per heavy atom. The quantitative estimate of drug-likeness (QED) is 0.857. The highest BCUT2D eigenvalue weighted by atomic mass is 32.2. The third-order valence-electron chi connectivity index (χ3n) is 3.21. The molecule has 2 aromatic rings. The van der Waals surface area contributed by atoms with Gasteiger partial charge in [0.15, 0.2) is 5.17 Å². The summed E-state index contributed by atoms with van der Waals surface area (Å²) in [6, 6.07) is 5.87. The highest BCUT2D eigenvalue weighted by Gasteiger charge is 2.23. The molecule has 0 bridgehead atoms. The Balaban J connectivity index is 2.06. The van der Waals surface area contributed by atoms with Crippen molar-refractivity contribution in [3.05, 3.63) is 35.0 Å². The zero-order valence-electron chi connectivity index (χ0n) is 12.5. The van der Waals surface area contributed by atoms with Crippen molar-refractivity contribution in [1.82, 2.24) is 15.3 Å². The molecule has 22 heavy (non-hydrogen) atoms. The Hall–Kier alpha value is -2.41. The second-order valence-electron chi connectivity index (χ2n) is 4.96. The number of anilines is 1. The van der Waals surface area contributed by atoms with Crippen LogP contribution in [0.25, 0.3) is 17.0 Å². The first-order valence-corrected chi connectivity index (χ1v) is 7.50. The van der Waals surface area contributed by atoms with Crippen LogP contribution in [0.2, 0.25) is 0 Å². The number of rotatable bonds is 2. The molecule has 112 valence electrons. The average molecular weight is 313 g/mol. The van der Waals surface area contributed by atoms with Gasteiger partial charge in [0.25, 0.3) is 5.91 Å². The number of benzene rings is 1. The lowest BCUT2D eigenvalue weighted by atomic mass is 10.1. The molecule has 2 heterocycles. The lowest BCUT2D eigenvalue weighted by Gasteiger charge is -2.13. The minimum absolute atomic E-state index is 0.122. The van der Waals surface area contributed by atoms with Gasteiger partial charge in [0.05, 0.1) is 10.4 Å². The maximum atomic E-state index is 11.9. The van der Waals surface area contributed by atoms with Gasteiger partial charge in [0.1, 0.15) is 12.1 Å². The zero-order valence-corrected chi connectivity index (χ0v) is 13.3. The number of carbonyl (C=O) groups excluding carboxylic acids is 1. The van der Waals surface area contributed by atoms with Gasteiger partial charge in [0, 0.05) is 26.5 Å². The molecule has 0 radical (unpaired) electrons. The molecule has 0 aliphatic carbocycles. The van der Waals surface area contributed by atoms with E-state index in [0.29, 0.717) is 10.1 Å². The summed E-state index contributed by atoms with van der Waals surface area (Å²) in [6.45, 7) is 0. The van der Waals surface area contributed by atoms with Crippen LogP contribution in [0.1, 0.15) is 5.56 Å². The number of amides is 1. The lowest BCUT2D eigenvalue weighted by molar-refractivity contribution is -0.115. The van der Waals surface area contributed by atoms with Crippen molar-refractivity contribution in [3.63, 3.8) is 0 Å². The van der Waals surface area contributed by atoms with Crippen LogP contribution in [-0.2, 0) is 4.79 Å². The number of thioether (sulfide) groups is 1. The Morgan fingerprint density at radius 1 is 1.32 bits per heavy atom. The van der Waals surface area contributed by atoms with Crippen molar-refractivity contribution in [2.24, 2.45) is 4.99 Å². The van der Waals surface area contributed by atoms with Gasteiger partial charge in [-0.2, -0.15) is 0 Å². The molecule has 1 aliphatic heterocycles. The summed E-state index contributed by atoms with van der Waals surface area (Å²) in [5, 5.41) is 4.29. The van der Waals surface area contributed by atoms with E-state index in [1.54, 1.807) is 13.4 Å². The molecule has 1 saturated heterocycles. The summed E-state index contributed by atoms with van der Waals surface area (Å²) in [4.78, 5) is 27.0. The largest absolute Gasteiger partial charge is 0.362 e. The Labute approximate surface area is 132 Å². The number of nitrogens with zero attached hydrogens (tertiary/aromatic N) is 4. The van der Waals surface area contributed by atoms with Crippen molar-refractivity contribution in [1.29, 1.82) is 0 Å². The van der Waals surface area contributed by atoms with E-state index in [0.717, 1.165) is 22.3 Å². The van der Waals surface area contributed by atoms with E-state index >= 15 is 0 Å². The van der Waals surface area contributed by atoms with Crippen LogP contribution in [0.5, 0.6) is 0 Å². The Kier molecular flexibility index (Phi) is 3.81. The predicted molar refractivity (Wildman–Crippen MR) is 90.9 cm³/mol. The number of aromatic nitrogens is 2. The fourth-order valence-corrected chi connectivity index (χ4v) is 2.97. The van der Waals surface area contributed by atoms with Gasteiger partial charge >= 0.3 is 0 Å². The van der Waals surface area contributed by atoms with Crippen LogP contribution in [-0.4, -0.2) is 42.2 Å². The first kappa shape index (κ1) is 14.5. The van der Waals surface area contributed by atoms with Crippen molar-refractivity contribution in [2.45, 2.75) is 0 Å². The summed E-state index contributed by atoms with van der Waals surface area (Å²) in [5.74, 6) is 0.729. The molecule has 1 aromatic heterocycles. The van der Waals surface area contributed by atoms with Gasteiger partial charge < -0.3 is 10.2 Å². The topological polar surface area (TPSA) is 70.5 Å². The molecular formula is C15H15N5OS. The number of fused-ring (bicyclic) bond motifs is 1. The van der Waals surface area contributed by atoms with Gasteiger partial charge in [-0.1, -0.05) is 6.07 Å². The highest BCUT2D eigenvalue weighted by Crippen LogP contribution is 2.28. The number of carbonyl (C=O) groups is 1. The van der Waals surface area contributed by atoms with Gasteiger partial charge in [-0.15, -0.1) is 0 Å².